The third-order valence-corrected chi connectivity index (χ3v) is 8.98. The molecule has 2 aliphatic rings. The molecule has 0 aromatic rings. The fourth-order valence-electron chi connectivity index (χ4n) is 6.98. The van der Waals surface area contributed by atoms with E-state index in [2.05, 4.69) is 69.2 Å². The number of fused-ring (bicyclic) bond motifs is 1. The van der Waals surface area contributed by atoms with Gasteiger partial charge in [0.25, 0.3) is 0 Å². The predicted octanol–water partition coefficient (Wildman–Crippen LogP) is 5.62. The van der Waals surface area contributed by atoms with Crippen molar-refractivity contribution in [3.05, 3.63) is 0 Å². The molecule has 2 saturated carbocycles. The summed E-state index contributed by atoms with van der Waals surface area (Å²) in [4.78, 5) is 0. The van der Waals surface area contributed by atoms with Crippen LogP contribution in [0.25, 0.3) is 0 Å². The number of hydrogen-bond donors (Lipinski definition) is 0. The molecule has 106 valence electrons. The summed E-state index contributed by atoms with van der Waals surface area (Å²) in [5.41, 5.74) is 1.84. The number of hydrogen-bond acceptors (Lipinski definition) is 0. The van der Waals surface area contributed by atoms with Crippen molar-refractivity contribution < 1.29 is 0 Å². The van der Waals surface area contributed by atoms with Gasteiger partial charge in [0.1, 0.15) is 0 Å². The van der Waals surface area contributed by atoms with Gasteiger partial charge in [-0.25, -0.2) is 0 Å². The van der Waals surface area contributed by atoms with Gasteiger partial charge >= 0.3 is 0 Å². The summed E-state index contributed by atoms with van der Waals surface area (Å²) >= 11 is 0. The van der Waals surface area contributed by atoms with E-state index in [1.54, 1.807) is 0 Å². The standard InChI is InChI=1S/C18H34/c1-11(2)14-12(3)17(9)15(5,6)16(7,8)18(17,10)13(14)4/h11-14H,1-10H3. The molecule has 4 unspecified atom stereocenters. The zero-order valence-corrected chi connectivity index (χ0v) is 14.3. The van der Waals surface area contributed by atoms with Crippen LogP contribution in [0.1, 0.15) is 69.2 Å². The molecule has 0 aromatic carbocycles. The molecule has 18 heavy (non-hydrogen) atoms. The van der Waals surface area contributed by atoms with Gasteiger partial charge in [0.2, 0.25) is 0 Å². The highest BCUT2D eigenvalue weighted by molar-refractivity contribution is 5.29. The van der Waals surface area contributed by atoms with Crippen LogP contribution in [-0.2, 0) is 0 Å². The monoisotopic (exact) mass is 250 g/mol. The lowest BCUT2D eigenvalue weighted by atomic mass is 9.26. The lowest BCUT2D eigenvalue weighted by molar-refractivity contribution is -0.308. The van der Waals surface area contributed by atoms with E-state index < -0.39 is 0 Å². The Kier molecular flexibility index (Phi) is 2.69. The molecule has 0 amide bonds. The van der Waals surface area contributed by atoms with Crippen molar-refractivity contribution in [2.45, 2.75) is 69.2 Å². The van der Waals surface area contributed by atoms with Gasteiger partial charge in [-0.1, -0.05) is 69.2 Å². The first-order chi connectivity index (χ1) is 7.89. The Morgan fingerprint density at radius 1 is 0.667 bits per heavy atom. The van der Waals surface area contributed by atoms with E-state index >= 15 is 0 Å². The molecule has 0 heterocycles. The van der Waals surface area contributed by atoms with Crippen molar-refractivity contribution in [3.8, 4) is 0 Å². The molecule has 0 nitrogen and oxygen atoms in total. The Morgan fingerprint density at radius 2 is 0.944 bits per heavy atom. The largest absolute Gasteiger partial charge is 0.0625 e. The van der Waals surface area contributed by atoms with Gasteiger partial charge in [-0.15, -0.1) is 0 Å². The van der Waals surface area contributed by atoms with Crippen LogP contribution in [0.3, 0.4) is 0 Å². The van der Waals surface area contributed by atoms with E-state index in [9.17, 15) is 0 Å². The van der Waals surface area contributed by atoms with Gasteiger partial charge in [-0.2, -0.15) is 0 Å². The van der Waals surface area contributed by atoms with Gasteiger partial charge in [-0.3, -0.25) is 0 Å². The van der Waals surface area contributed by atoms with E-state index in [4.69, 9.17) is 0 Å². The van der Waals surface area contributed by atoms with Gasteiger partial charge in [0.15, 0.2) is 0 Å². The van der Waals surface area contributed by atoms with Crippen LogP contribution in [0.5, 0.6) is 0 Å². The second-order valence-corrected chi connectivity index (χ2v) is 9.05. The molecule has 2 aliphatic carbocycles. The van der Waals surface area contributed by atoms with Crippen LogP contribution in [0.15, 0.2) is 0 Å². The lowest BCUT2D eigenvalue weighted by Crippen LogP contribution is -2.73. The van der Waals surface area contributed by atoms with E-state index in [1.807, 2.05) is 0 Å². The maximum atomic E-state index is 2.59. The minimum atomic E-state index is 0.437. The van der Waals surface area contributed by atoms with E-state index in [-0.39, 0.29) is 0 Å². The first-order valence-electron chi connectivity index (χ1n) is 7.89. The van der Waals surface area contributed by atoms with Crippen molar-refractivity contribution in [1.29, 1.82) is 0 Å². The van der Waals surface area contributed by atoms with Crippen LogP contribution < -0.4 is 0 Å². The zero-order chi connectivity index (χ0) is 14.3. The molecule has 2 rings (SSSR count). The third kappa shape index (κ3) is 1.00. The van der Waals surface area contributed by atoms with Crippen molar-refractivity contribution >= 4 is 0 Å². The van der Waals surface area contributed by atoms with Gasteiger partial charge in [-0.05, 0) is 45.3 Å². The highest BCUT2D eigenvalue weighted by Crippen LogP contribution is 2.87. The van der Waals surface area contributed by atoms with Crippen molar-refractivity contribution in [2.75, 3.05) is 0 Å². The molecular formula is C18H34. The fourth-order valence-corrected chi connectivity index (χ4v) is 6.98. The van der Waals surface area contributed by atoms with Gasteiger partial charge < -0.3 is 0 Å². The smallest absolute Gasteiger partial charge is 0.0179 e. The molecule has 0 aromatic heterocycles. The fraction of sp³-hybridized carbons (Fsp3) is 1.00. The molecule has 0 N–H and O–H groups in total. The molecule has 0 radical (unpaired) electrons. The quantitative estimate of drug-likeness (QED) is 0.566. The second kappa shape index (κ2) is 3.36. The van der Waals surface area contributed by atoms with Gasteiger partial charge in [0, 0.05) is 0 Å². The van der Waals surface area contributed by atoms with Crippen molar-refractivity contribution in [2.24, 2.45) is 45.3 Å². The van der Waals surface area contributed by atoms with Crippen LogP contribution >= 0.6 is 0 Å². The average molecular weight is 250 g/mol. The van der Waals surface area contributed by atoms with Crippen LogP contribution in [-0.4, -0.2) is 0 Å². The Bertz CT molecular complexity index is 330. The van der Waals surface area contributed by atoms with Crippen LogP contribution in [0, 0.1) is 45.3 Å². The molecule has 0 heteroatoms. The molecular weight excluding hydrogens is 216 g/mol. The summed E-state index contributed by atoms with van der Waals surface area (Å²) in [5, 5.41) is 0. The highest BCUT2D eigenvalue weighted by atomic mass is 14.9. The minimum absolute atomic E-state index is 0.437. The molecule has 2 fully saturated rings. The molecule has 0 bridgehead atoms. The Labute approximate surface area is 115 Å². The van der Waals surface area contributed by atoms with Crippen molar-refractivity contribution in [1.82, 2.24) is 0 Å². The third-order valence-electron chi connectivity index (χ3n) is 8.98. The highest BCUT2D eigenvalue weighted by Gasteiger charge is 2.82. The van der Waals surface area contributed by atoms with E-state index in [1.165, 1.54) is 0 Å². The average Bonchev–Trinajstić information content (AvgIpc) is 2.38. The SMILES string of the molecule is CC(C)C1C(C)C2(C)C(C)(C)C(C)(C)C2(C)C1C. The molecule has 0 aliphatic heterocycles. The maximum absolute atomic E-state index is 2.59. The first-order valence-corrected chi connectivity index (χ1v) is 7.89. The summed E-state index contributed by atoms with van der Waals surface area (Å²) in [5.74, 6) is 3.35. The molecule has 0 saturated heterocycles. The summed E-state index contributed by atoms with van der Waals surface area (Å²) < 4.78 is 0. The van der Waals surface area contributed by atoms with E-state index in [0.717, 1.165) is 23.7 Å². The molecule has 4 atom stereocenters. The lowest BCUT2D eigenvalue weighted by Gasteiger charge is -2.78. The summed E-state index contributed by atoms with van der Waals surface area (Å²) in [7, 11) is 0. The van der Waals surface area contributed by atoms with E-state index in [0.29, 0.717) is 21.7 Å². The zero-order valence-electron chi connectivity index (χ0n) is 14.3. The predicted molar refractivity (Wildman–Crippen MR) is 80.4 cm³/mol. The van der Waals surface area contributed by atoms with Crippen molar-refractivity contribution in [3.63, 3.8) is 0 Å². The Hall–Kier alpha value is 0. The van der Waals surface area contributed by atoms with Crippen LogP contribution in [0.4, 0.5) is 0 Å². The maximum Gasteiger partial charge on any atom is -0.0179 e. The number of rotatable bonds is 1. The summed E-state index contributed by atoms with van der Waals surface area (Å²) in [6.45, 7) is 25.1. The minimum Gasteiger partial charge on any atom is -0.0625 e. The Morgan fingerprint density at radius 3 is 1.17 bits per heavy atom. The summed E-state index contributed by atoms with van der Waals surface area (Å²) in [6, 6.07) is 0. The Balaban J connectivity index is 2.60. The molecule has 0 spiro atoms. The summed E-state index contributed by atoms with van der Waals surface area (Å²) in [6.07, 6.45) is 0. The normalized spacial score (nSPS) is 53.2. The van der Waals surface area contributed by atoms with Crippen LogP contribution in [0.2, 0.25) is 0 Å². The topological polar surface area (TPSA) is 0 Å². The second-order valence-electron chi connectivity index (χ2n) is 9.05. The van der Waals surface area contributed by atoms with Gasteiger partial charge in [0.05, 0.1) is 0 Å². The first kappa shape index (κ1) is 14.4.